The average molecular weight is 158 g/mol. The molecule has 0 bridgehead atoms. The van der Waals surface area contributed by atoms with Gasteiger partial charge in [0, 0.05) is 6.92 Å². The Hall–Kier alpha value is -0.630. The molecule has 0 unspecified atom stereocenters. The fourth-order valence-electron chi connectivity index (χ4n) is 0.746. The van der Waals surface area contributed by atoms with Crippen LogP contribution in [0.15, 0.2) is 6.20 Å². The van der Waals surface area contributed by atoms with Gasteiger partial charge in [-0.25, -0.2) is 4.57 Å². The van der Waals surface area contributed by atoms with E-state index in [2.05, 4.69) is 4.98 Å². The number of halogens is 1. The van der Waals surface area contributed by atoms with Crippen molar-refractivity contribution in [2.45, 2.75) is 13.8 Å². The summed E-state index contributed by atoms with van der Waals surface area (Å²) in [5.41, 5.74) is 1.01. The van der Waals surface area contributed by atoms with Crippen molar-refractivity contribution < 1.29 is 4.57 Å². The first-order valence-corrected chi connectivity index (χ1v) is 3.48. The predicted molar refractivity (Wildman–Crippen MR) is 39.9 cm³/mol. The second kappa shape index (κ2) is 2.54. The molecular weight excluding hydrogens is 148 g/mol. The highest BCUT2D eigenvalue weighted by atomic mass is 35.5. The Balaban J connectivity index is 3.28. The van der Waals surface area contributed by atoms with E-state index in [1.54, 1.807) is 0 Å². The third-order valence-corrected chi connectivity index (χ3v) is 1.87. The smallest absolute Gasteiger partial charge is 0.237 e. The van der Waals surface area contributed by atoms with E-state index < -0.39 is 0 Å². The molecule has 0 amide bonds. The highest BCUT2D eigenvalue weighted by Gasteiger charge is 2.07. The van der Waals surface area contributed by atoms with E-state index in [9.17, 15) is 0 Å². The molecule has 0 atom stereocenters. The molecule has 1 rings (SSSR count). The zero-order chi connectivity index (χ0) is 7.72. The van der Waals surface area contributed by atoms with Crippen LogP contribution in [-0.2, 0) is 7.05 Å². The number of hydrogen-bond donors (Lipinski definition) is 0. The van der Waals surface area contributed by atoms with Crippen molar-refractivity contribution >= 4 is 11.6 Å². The summed E-state index contributed by atoms with van der Waals surface area (Å²) in [6.07, 6.45) is 1.96. The molecular formula is C7H10ClN2+. The van der Waals surface area contributed by atoms with E-state index in [4.69, 9.17) is 11.6 Å². The lowest BCUT2D eigenvalue weighted by Crippen LogP contribution is -2.33. The molecule has 0 aromatic carbocycles. The molecule has 0 aliphatic carbocycles. The van der Waals surface area contributed by atoms with Crippen molar-refractivity contribution in [2.75, 3.05) is 0 Å². The number of aromatic nitrogens is 2. The zero-order valence-electron chi connectivity index (χ0n) is 6.35. The van der Waals surface area contributed by atoms with Crippen LogP contribution in [0.3, 0.4) is 0 Å². The largest absolute Gasteiger partial charge is 0.296 e. The van der Waals surface area contributed by atoms with Crippen molar-refractivity contribution in [3.8, 4) is 0 Å². The monoisotopic (exact) mass is 157 g/mol. The molecule has 3 heteroatoms. The van der Waals surface area contributed by atoms with E-state index >= 15 is 0 Å². The Labute approximate surface area is 65.5 Å². The lowest BCUT2D eigenvalue weighted by Gasteiger charge is -1.94. The summed E-state index contributed by atoms with van der Waals surface area (Å²) >= 11 is 5.76. The standard InChI is InChI=1S/C7H10ClN2/c1-5-4-10(3)6(2)9-7(5)8/h4H,1-3H3/q+1. The zero-order valence-corrected chi connectivity index (χ0v) is 7.11. The number of hydrogen-bond acceptors (Lipinski definition) is 1. The second-order valence-corrected chi connectivity index (χ2v) is 2.73. The quantitative estimate of drug-likeness (QED) is 0.408. The van der Waals surface area contributed by atoms with Crippen LogP contribution in [0.4, 0.5) is 0 Å². The highest BCUT2D eigenvalue weighted by Crippen LogP contribution is 2.07. The van der Waals surface area contributed by atoms with Gasteiger partial charge in [-0.15, -0.1) is 0 Å². The van der Waals surface area contributed by atoms with Crippen LogP contribution in [-0.4, -0.2) is 4.98 Å². The van der Waals surface area contributed by atoms with Gasteiger partial charge < -0.3 is 0 Å². The minimum absolute atomic E-state index is 0.593. The van der Waals surface area contributed by atoms with Crippen molar-refractivity contribution in [3.05, 3.63) is 22.7 Å². The van der Waals surface area contributed by atoms with E-state index in [1.807, 2.05) is 31.7 Å². The molecule has 1 aromatic heterocycles. The van der Waals surface area contributed by atoms with Crippen molar-refractivity contribution in [3.63, 3.8) is 0 Å². The summed E-state index contributed by atoms with van der Waals surface area (Å²) in [5.74, 6) is 0.926. The van der Waals surface area contributed by atoms with Crippen molar-refractivity contribution in [2.24, 2.45) is 7.05 Å². The normalized spacial score (nSPS) is 10.0. The second-order valence-electron chi connectivity index (χ2n) is 2.37. The maximum Gasteiger partial charge on any atom is 0.296 e. The lowest BCUT2D eigenvalue weighted by molar-refractivity contribution is -0.681. The molecule has 2 nitrogen and oxygen atoms in total. The number of rotatable bonds is 0. The van der Waals surface area contributed by atoms with Gasteiger partial charge in [0.15, 0.2) is 0 Å². The molecule has 0 saturated heterocycles. The summed E-state index contributed by atoms with van der Waals surface area (Å²) in [6.45, 7) is 3.86. The van der Waals surface area contributed by atoms with Gasteiger partial charge in [0.05, 0.1) is 18.8 Å². The Kier molecular flexibility index (Phi) is 1.90. The minimum Gasteiger partial charge on any atom is -0.237 e. The first-order valence-electron chi connectivity index (χ1n) is 3.10. The van der Waals surface area contributed by atoms with Crippen LogP contribution in [0.25, 0.3) is 0 Å². The molecule has 0 radical (unpaired) electrons. The van der Waals surface area contributed by atoms with Gasteiger partial charge in [0.1, 0.15) is 0 Å². The van der Waals surface area contributed by atoms with Crippen LogP contribution in [0, 0.1) is 13.8 Å². The maximum atomic E-state index is 5.76. The van der Waals surface area contributed by atoms with Crippen LogP contribution in [0.1, 0.15) is 11.4 Å². The maximum absolute atomic E-state index is 5.76. The third-order valence-electron chi connectivity index (χ3n) is 1.48. The van der Waals surface area contributed by atoms with Gasteiger partial charge in [0.25, 0.3) is 5.82 Å². The fraction of sp³-hybridized carbons (Fsp3) is 0.429. The molecule has 0 saturated carbocycles. The Morgan fingerprint density at radius 2 is 2.10 bits per heavy atom. The lowest BCUT2D eigenvalue weighted by atomic mass is 10.4. The predicted octanol–water partition coefficient (Wildman–Crippen LogP) is 1.18. The molecule has 0 aliphatic rings. The van der Waals surface area contributed by atoms with Gasteiger partial charge in [-0.3, -0.25) is 0 Å². The van der Waals surface area contributed by atoms with Gasteiger partial charge in [0.2, 0.25) is 5.15 Å². The summed E-state index contributed by atoms with van der Waals surface area (Å²) in [7, 11) is 1.95. The van der Waals surface area contributed by atoms with Crippen LogP contribution in [0.5, 0.6) is 0 Å². The van der Waals surface area contributed by atoms with E-state index in [-0.39, 0.29) is 0 Å². The fourth-order valence-corrected chi connectivity index (χ4v) is 0.917. The van der Waals surface area contributed by atoms with Crippen molar-refractivity contribution in [1.82, 2.24) is 4.98 Å². The Morgan fingerprint density at radius 3 is 2.60 bits per heavy atom. The molecule has 54 valence electrons. The van der Waals surface area contributed by atoms with Gasteiger partial charge in [-0.1, -0.05) is 0 Å². The van der Waals surface area contributed by atoms with Crippen LogP contribution >= 0.6 is 11.6 Å². The summed E-state index contributed by atoms with van der Waals surface area (Å²) in [4.78, 5) is 4.10. The average Bonchev–Trinajstić information content (AvgIpc) is 1.84. The molecule has 0 aliphatic heterocycles. The molecule has 1 aromatic rings. The topological polar surface area (TPSA) is 16.8 Å². The SMILES string of the molecule is Cc1c[n+](C)c(C)nc1Cl. The summed E-state index contributed by atoms with van der Waals surface area (Å²) in [6, 6.07) is 0. The van der Waals surface area contributed by atoms with E-state index in [1.165, 1.54) is 0 Å². The molecule has 0 spiro atoms. The third kappa shape index (κ3) is 1.27. The molecule has 1 heterocycles. The Morgan fingerprint density at radius 1 is 1.50 bits per heavy atom. The molecule has 0 N–H and O–H groups in total. The van der Waals surface area contributed by atoms with E-state index in [0.29, 0.717) is 5.15 Å². The number of aryl methyl sites for hydroxylation is 3. The first-order chi connectivity index (χ1) is 4.61. The summed E-state index contributed by atoms with van der Waals surface area (Å²) in [5, 5.41) is 0.593. The van der Waals surface area contributed by atoms with E-state index in [0.717, 1.165) is 11.4 Å². The molecule has 0 fully saturated rings. The Bertz CT molecular complexity index is 208. The van der Waals surface area contributed by atoms with Gasteiger partial charge in [-0.05, 0) is 23.5 Å². The summed E-state index contributed by atoms with van der Waals surface area (Å²) < 4.78 is 1.95. The van der Waals surface area contributed by atoms with Crippen LogP contribution in [0.2, 0.25) is 5.15 Å². The first kappa shape index (κ1) is 7.48. The minimum atomic E-state index is 0.593. The van der Waals surface area contributed by atoms with Gasteiger partial charge in [-0.2, -0.15) is 0 Å². The molecule has 10 heavy (non-hydrogen) atoms. The van der Waals surface area contributed by atoms with Crippen LogP contribution < -0.4 is 4.57 Å². The number of nitrogens with zero attached hydrogens (tertiary/aromatic N) is 2. The highest BCUT2D eigenvalue weighted by molar-refractivity contribution is 6.30. The van der Waals surface area contributed by atoms with Gasteiger partial charge >= 0.3 is 0 Å². The van der Waals surface area contributed by atoms with Crippen molar-refractivity contribution in [1.29, 1.82) is 0 Å².